The number of furan rings is 1. The van der Waals surface area contributed by atoms with Gasteiger partial charge in [0.05, 0.1) is 28.7 Å². The van der Waals surface area contributed by atoms with Crippen LogP contribution in [0.2, 0.25) is 0 Å². The molecule has 0 bridgehead atoms. The summed E-state index contributed by atoms with van der Waals surface area (Å²) < 4.78 is 37.8. The first-order valence-corrected chi connectivity index (χ1v) is 12.3. The summed E-state index contributed by atoms with van der Waals surface area (Å²) in [5, 5.41) is 0.539. The smallest absolute Gasteiger partial charge is 0.338 e. The summed E-state index contributed by atoms with van der Waals surface area (Å²) in [6.45, 7) is 5.40. The standard InChI is InChI=1S/C22H21N3O6S2/c1-12-14(3)32-21-18(12)20(26)24-19(25-21)13(2)31-22(27)15-6-8-17(9-7-15)33(28,29)23-11-16-5-4-10-30-16/h4-10,13,23H,11H2,1-3H3,(H,24,25,26)/t13-/m0/s1. The summed E-state index contributed by atoms with van der Waals surface area (Å²) >= 11 is 1.41. The first-order valence-electron chi connectivity index (χ1n) is 9.98. The average molecular weight is 488 g/mol. The molecule has 3 heterocycles. The van der Waals surface area contributed by atoms with Crippen LogP contribution in [0.4, 0.5) is 0 Å². The van der Waals surface area contributed by atoms with Crippen LogP contribution >= 0.6 is 11.3 Å². The number of nitrogens with zero attached hydrogens (tertiary/aromatic N) is 1. The number of sulfonamides is 1. The maximum absolute atomic E-state index is 12.6. The summed E-state index contributed by atoms with van der Waals surface area (Å²) in [5.41, 5.74) is 0.767. The number of fused-ring (bicyclic) bond motifs is 1. The lowest BCUT2D eigenvalue weighted by Gasteiger charge is -2.13. The van der Waals surface area contributed by atoms with Gasteiger partial charge in [-0.05, 0) is 62.7 Å². The molecule has 4 rings (SSSR count). The molecule has 1 aromatic carbocycles. The molecule has 33 heavy (non-hydrogen) atoms. The van der Waals surface area contributed by atoms with Crippen molar-refractivity contribution in [2.75, 3.05) is 0 Å². The number of aromatic nitrogens is 2. The monoisotopic (exact) mass is 487 g/mol. The number of esters is 1. The number of aryl methyl sites for hydroxylation is 2. The van der Waals surface area contributed by atoms with Gasteiger partial charge in [-0.25, -0.2) is 22.9 Å². The fraction of sp³-hybridized carbons (Fsp3) is 0.227. The maximum Gasteiger partial charge on any atom is 0.338 e. The molecule has 0 fully saturated rings. The van der Waals surface area contributed by atoms with Crippen molar-refractivity contribution >= 4 is 37.5 Å². The number of nitrogens with one attached hydrogen (secondary N) is 2. The molecular weight excluding hydrogens is 466 g/mol. The molecule has 0 aliphatic heterocycles. The summed E-state index contributed by atoms with van der Waals surface area (Å²) in [7, 11) is -3.78. The molecule has 0 saturated heterocycles. The molecule has 0 amide bonds. The van der Waals surface area contributed by atoms with Gasteiger partial charge >= 0.3 is 5.97 Å². The Kier molecular flexibility index (Phi) is 6.19. The molecule has 3 aromatic heterocycles. The molecule has 9 nitrogen and oxygen atoms in total. The Hall–Kier alpha value is -3.28. The third kappa shape index (κ3) is 4.75. The van der Waals surface area contributed by atoms with Crippen LogP contribution < -0.4 is 10.3 Å². The van der Waals surface area contributed by atoms with Gasteiger partial charge in [0.25, 0.3) is 5.56 Å². The molecule has 0 unspecified atom stereocenters. The van der Waals surface area contributed by atoms with Crippen molar-refractivity contribution in [1.29, 1.82) is 0 Å². The molecule has 0 radical (unpaired) electrons. The van der Waals surface area contributed by atoms with Crippen molar-refractivity contribution in [3.8, 4) is 0 Å². The van der Waals surface area contributed by atoms with Gasteiger partial charge in [-0.3, -0.25) is 4.79 Å². The van der Waals surface area contributed by atoms with Crippen molar-refractivity contribution < 1.29 is 22.4 Å². The predicted molar refractivity (Wildman–Crippen MR) is 123 cm³/mol. The van der Waals surface area contributed by atoms with Crippen LogP contribution in [0.15, 0.2) is 56.8 Å². The van der Waals surface area contributed by atoms with E-state index in [4.69, 9.17) is 9.15 Å². The average Bonchev–Trinajstić information content (AvgIpc) is 3.40. The highest BCUT2D eigenvalue weighted by Gasteiger charge is 2.20. The van der Waals surface area contributed by atoms with E-state index in [-0.39, 0.29) is 28.4 Å². The van der Waals surface area contributed by atoms with E-state index in [1.165, 1.54) is 41.9 Å². The summed E-state index contributed by atoms with van der Waals surface area (Å²) in [6.07, 6.45) is 0.646. The summed E-state index contributed by atoms with van der Waals surface area (Å²) in [5.74, 6) is 0.0465. The number of ether oxygens (including phenoxy) is 1. The lowest BCUT2D eigenvalue weighted by atomic mass is 10.2. The van der Waals surface area contributed by atoms with E-state index in [9.17, 15) is 18.0 Å². The van der Waals surface area contributed by atoms with E-state index in [1.54, 1.807) is 19.1 Å². The van der Waals surface area contributed by atoms with Crippen molar-refractivity contribution in [3.63, 3.8) is 0 Å². The van der Waals surface area contributed by atoms with Gasteiger partial charge in [0, 0.05) is 4.88 Å². The van der Waals surface area contributed by atoms with Crippen LogP contribution in [0.5, 0.6) is 0 Å². The maximum atomic E-state index is 12.6. The number of thiophene rings is 1. The fourth-order valence-electron chi connectivity index (χ4n) is 3.18. The highest BCUT2D eigenvalue weighted by atomic mass is 32.2. The molecule has 172 valence electrons. The third-order valence-electron chi connectivity index (χ3n) is 5.14. The second-order valence-corrected chi connectivity index (χ2v) is 10.4. The number of hydrogen-bond donors (Lipinski definition) is 2. The third-order valence-corrected chi connectivity index (χ3v) is 7.66. The van der Waals surface area contributed by atoms with E-state index in [0.717, 1.165) is 10.4 Å². The summed E-state index contributed by atoms with van der Waals surface area (Å²) in [6, 6.07) is 8.67. The zero-order valence-electron chi connectivity index (χ0n) is 18.0. The molecule has 4 aromatic rings. The molecule has 0 aliphatic rings. The second kappa shape index (κ2) is 8.93. The number of carbonyl (C=O) groups is 1. The normalized spacial score (nSPS) is 12.7. The van der Waals surface area contributed by atoms with Gasteiger partial charge in [-0.15, -0.1) is 11.3 Å². The second-order valence-electron chi connectivity index (χ2n) is 7.39. The van der Waals surface area contributed by atoms with Gasteiger partial charge in [-0.1, -0.05) is 0 Å². The Bertz CT molecular complexity index is 1470. The largest absolute Gasteiger partial charge is 0.468 e. The molecular formula is C22H21N3O6S2. The Balaban J connectivity index is 1.46. The number of aromatic amines is 1. The van der Waals surface area contributed by atoms with Crippen molar-refractivity contribution in [1.82, 2.24) is 14.7 Å². The number of benzene rings is 1. The van der Waals surface area contributed by atoms with E-state index in [0.29, 0.717) is 16.0 Å². The molecule has 0 aliphatic carbocycles. The van der Waals surface area contributed by atoms with Gasteiger partial charge in [0.2, 0.25) is 10.0 Å². The van der Waals surface area contributed by atoms with Crippen LogP contribution in [-0.4, -0.2) is 24.4 Å². The topological polar surface area (TPSA) is 131 Å². The zero-order chi connectivity index (χ0) is 23.8. The van der Waals surface area contributed by atoms with Crippen LogP contribution in [0.25, 0.3) is 10.2 Å². The summed E-state index contributed by atoms with van der Waals surface area (Å²) in [4.78, 5) is 33.7. The van der Waals surface area contributed by atoms with Crippen molar-refractivity contribution in [3.05, 3.63) is 80.6 Å². The Labute approximate surface area is 193 Å². The number of rotatable bonds is 7. The van der Waals surface area contributed by atoms with E-state index in [2.05, 4.69) is 14.7 Å². The quantitative estimate of drug-likeness (QED) is 0.381. The molecule has 1 atom stereocenters. The minimum absolute atomic E-state index is 0.00135. The lowest BCUT2D eigenvalue weighted by molar-refractivity contribution is 0.0320. The highest BCUT2D eigenvalue weighted by Crippen LogP contribution is 2.27. The van der Waals surface area contributed by atoms with E-state index < -0.39 is 22.1 Å². The van der Waals surface area contributed by atoms with Crippen LogP contribution in [0, 0.1) is 13.8 Å². The van der Waals surface area contributed by atoms with Crippen molar-refractivity contribution in [2.45, 2.75) is 38.3 Å². The highest BCUT2D eigenvalue weighted by molar-refractivity contribution is 7.89. The van der Waals surface area contributed by atoms with Crippen molar-refractivity contribution in [2.24, 2.45) is 0 Å². The molecule has 2 N–H and O–H groups in total. The van der Waals surface area contributed by atoms with E-state index >= 15 is 0 Å². The lowest BCUT2D eigenvalue weighted by Crippen LogP contribution is -2.23. The molecule has 0 spiro atoms. The Morgan fingerprint density at radius 1 is 1.24 bits per heavy atom. The van der Waals surface area contributed by atoms with Crippen LogP contribution in [0.3, 0.4) is 0 Å². The minimum Gasteiger partial charge on any atom is -0.468 e. The minimum atomic E-state index is -3.78. The van der Waals surface area contributed by atoms with Gasteiger partial charge in [0.1, 0.15) is 10.6 Å². The number of H-pyrrole nitrogens is 1. The number of hydrogen-bond acceptors (Lipinski definition) is 8. The SMILES string of the molecule is Cc1sc2nc([C@H](C)OC(=O)c3ccc(S(=O)(=O)NCc4ccco4)cc3)[nH]c(=O)c2c1C. The first-order chi connectivity index (χ1) is 15.7. The fourth-order valence-corrected chi connectivity index (χ4v) is 5.21. The molecule has 11 heteroatoms. The van der Waals surface area contributed by atoms with Gasteiger partial charge in [-0.2, -0.15) is 0 Å². The predicted octanol–water partition coefficient (Wildman–Crippen LogP) is 3.59. The Morgan fingerprint density at radius 2 is 1.97 bits per heavy atom. The first kappa shape index (κ1) is 22.9. The zero-order valence-corrected chi connectivity index (χ0v) is 19.7. The van der Waals surface area contributed by atoms with E-state index in [1.807, 2.05) is 13.8 Å². The molecule has 0 saturated carbocycles. The van der Waals surface area contributed by atoms with Crippen LogP contribution in [0.1, 0.15) is 45.4 Å². The Morgan fingerprint density at radius 3 is 2.64 bits per heavy atom. The van der Waals surface area contributed by atoms with Crippen LogP contribution in [-0.2, 0) is 21.3 Å². The van der Waals surface area contributed by atoms with Gasteiger partial charge in [0.15, 0.2) is 11.9 Å². The number of carbonyl (C=O) groups excluding carboxylic acids is 1. The van der Waals surface area contributed by atoms with Gasteiger partial charge < -0.3 is 14.1 Å².